The van der Waals surface area contributed by atoms with Crippen LogP contribution in [0.2, 0.25) is 0 Å². The number of aliphatic hydroxyl groups excluding tert-OH is 1. The van der Waals surface area contributed by atoms with Crippen LogP contribution >= 0.6 is 15.9 Å². The molecule has 0 spiro atoms. The second-order valence-corrected chi connectivity index (χ2v) is 6.12. The summed E-state index contributed by atoms with van der Waals surface area (Å²) < 4.78 is 1.07. The number of rotatable bonds is 4. The summed E-state index contributed by atoms with van der Waals surface area (Å²) in [5.74, 6) is 0. The van der Waals surface area contributed by atoms with E-state index < -0.39 is 6.10 Å². The molecule has 1 aromatic carbocycles. The zero-order chi connectivity index (χ0) is 13.8. The molecular weight excluding hydrogens is 304 g/mol. The maximum Gasteiger partial charge on any atom is 0.0782 e. The third-order valence-corrected chi connectivity index (χ3v) is 4.19. The lowest BCUT2D eigenvalue weighted by Gasteiger charge is -2.37. The van der Waals surface area contributed by atoms with Crippen molar-refractivity contribution in [1.82, 2.24) is 4.90 Å². The first-order valence-corrected chi connectivity index (χ1v) is 7.86. The number of nitrogens with zero attached hydrogens (tertiary/aromatic N) is 2. The largest absolute Gasteiger partial charge is 0.389 e. The third-order valence-electron chi connectivity index (χ3n) is 3.70. The van der Waals surface area contributed by atoms with Gasteiger partial charge in [0.2, 0.25) is 0 Å². The van der Waals surface area contributed by atoms with Crippen LogP contribution < -0.4 is 4.90 Å². The van der Waals surface area contributed by atoms with Crippen molar-refractivity contribution in [1.29, 1.82) is 0 Å². The zero-order valence-corrected chi connectivity index (χ0v) is 13.4. The summed E-state index contributed by atoms with van der Waals surface area (Å²) >= 11 is 3.53. The molecule has 0 bridgehead atoms. The van der Waals surface area contributed by atoms with Gasteiger partial charge in [0, 0.05) is 41.9 Å². The molecule has 19 heavy (non-hydrogen) atoms. The Labute approximate surface area is 124 Å². The molecule has 3 nitrogen and oxygen atoms in total. The average molecular weight is 327 g/mol. The molecule has 0 radical (unpaired) electrons. The first-order chi connectivity index (χ1) is 9.11. The molecule has 1 N–H and O–H groups in total. The Bertz CT molecular complexity index is 415. The van der Waals surface area contributed by atoms with Crippen molar-refractivity contribution in [3.63, 3.8) is 0 Å². The maximum atomic E-state index is 9.91. The SMILES string of the molecule is CCCN1CCN(c2cc(Br)ccc2C(C)O)CC1. The van der Waals surface area contributed by atoms with E-state index in [0.29, 0.717) is 0 Å². The Kier molecular flexibility index (Phi) is 5.25. The summed E-state index contributed by atoms with van der Waals surface area (Å²) in [5, 5.41) is 9.91. The summed E-state index contributed by atoms with van der Waals surface area (Å²) in [7, 11) is 0. The molecule has 0 amide bonds. The smallest absolute Gasteiger partial charge is 0.0782 e. The van der Waals surface area contributed by atoms with Crippen molar-refractivity contribution in [3.05, 3.63) is 28.2 Å². The van der Waals surface area contributed by atoms with Gasteiger partial charge in [-0.15, -0.1) is 0 Å². The molecule has 106 valence electrons. The number of anilines is 1. The van der Waals surface area contributed by atoms with Crippen LogP contribution in [0.4, 0.5) is 5.69 Å². The minimum atomic E-state index is -0.420. The molecule has 1 fully saturated rings. The highest BCUT2D eigenvalue weighted by atomic mass is 79.9. The quantitative estimate of drug-likeness (QED) is 0.921. The van der Waals surface area contributed by atoms with E-state index in [1.54, 1.807) is 0 Å². The molecule has 1 aromatic rings. The molecule has 0 saturated carbocycles. The normalized spacial score (nSPS) is 18.6. The molecule has 1 aliphatic heterocycles. The van der Waals surface area contributed by atoms with Crippen molar-refractivity contribution < 1.29 is 5.11 Å². The van der Waals surface area contributed by atoms with E-state index in [1.165, 1.54) is 18.7 Å². The van der Waals surface area contributed by atoms with Gasteiger partial charge in [-0.3, -0.25) is 4.90 Å². The molecule has 0 aromatic heterocycles. The Morgan fingerprint density at radius 1 is 1.26 bits per heavy atom. The monoisotopic (exact) mass is 326 g/mol. The minimum Gasteiger partial charge on any atom is -0.389 e. The predicted octanol–water partition coefficient (Wildman–Crippen LogP) is 3.03. The zero-order valence-electron chi connectivity index (χ0n) is 11.8. The Balaban J connectivity index is 2.12. The van der Waals surface area contributed by atoms with Crippen LogP contribution in [0.3, 0.4) is 0 Å². The van der Waals surface area contributed by atoms with Crippen LogP contribution in [0.1, 0.15) is 31.9 Å². The lowest BCUT2D eigenvalue weighted by molar-refractivity contribution is 0.199. The van der Waals surface area contributed by atoms with Gasteiger partial charge >= 0.3 is 0 Å². The van der Waals surface area contributed by atoms with Crippen molar-refractivity contribution in [2.45, 2.75) is 26.4 Å². The number of benzene rings is 1. The van der Waals surface area contributed by atoms with Gasteiger partial charge in [0.15, 0.2) is 0 Å². The fraction of sp³-hybridized carbons (Fsp3) is 0.600. The standard InChI is InChI=1S/C15H23BrN2O/c1-3-6-17-7-9-18(10-8-17)15-11-13(16)4-5-14(15)12(2)19/h4-5,11-12,19H,3,6-10H2,1-2H3. The summed E-state index contributed by atoms with van der Waals surface area (Å²) in [6.45, 7) is 9.55. The molecule has 2 rings (SSSR count). The van der Waals surface area contributed by atoms with Gasteiger partial charge in [-0.25, -0.2) is 0 Å². The van der Waals surface area contributed by atoms with Gasteiger partial charge < -0.3 is 10.0 Å². The average Bonchev–Trinajstić information content (AvgIpc) is 2.39. The number of halogens is 1. The summed E-state index contributed by atoms with van der Waals surface area (Å²) in [4.78, 5) is 4.90. The summed E-state index contributed by atoms with van der Waals surface area (Å²) in [6.07, 6.45) is 0.798. The third kappa shape index (κ3) is 3.71. The van der Waals surface area contributed by atoms with Crippen LogP contribution in [0.5, 0.6) is 0 Å². The Morgan fingerprint density at radius 3 is 2.53 bits per heavy atom. The van der Waals surface area contributed by atoms with Crippen LogP contribution in [-0.2, 0) is 0 Å². The van der Waals surface area contributed by atoms with E-state index >= 15 is 0 Å². The van der Waals surface area contributed by atoms with Crippen molar-refractivity contribution in [3.8, 4) is 0 Å². The fourth-order valence-corrected chi connectivity index (χ4v) is 3.02. The van der Waals surface area contributed by atoms with Crippen LogP contribution in [0.25, 0.3) is 0 Å². The number of aliphatic hydroxyl groups is 1. The van der Waals surface area contributed by atoms with Gasteiger partial charge in [0.05, 0.1) is 6.10 Å². The van der Waals surface area contributed by atoms with Gasteiger partial charge in [-0.2, -0.15) is 0 Å². The highest BCUT2D eigenvalue weighted by Gasteiger charge is 2.20. The van der Waals surface area contributed by atoms with Crippen molar-refractivity contribution in [2.75, 3.05) is 37.6 Å². The fourth-order valence-electron chi connectivity index (χ4n) is 2.67. The predicted molar refractivity (Wildman–Crippen MR) is 83.7 cm³/mol. The highest BCUT2D eigenvalue weighted by molar-refractivity contribution is 9.10. The van der Waals surface area contributed by atoms with E-state index in [1.807, 2.05) is 19.1 Å². The van der Waals surface area contributed by atoms with Crippen molar-refractivity contribution in [2.24, 2.45) is 0 Å². The number of hydrogen-bond donors (Lipinski definition) is 1. The number of hydrogen-bond acceptors (Lipinski definition) is 3. The maximum absolute atomic E-state index is 9.91. The number of piperazine rings is 1. The van der Waals surface area contributed by atoms with Crippen LogP contribution in [0.15, 0.2) is 22.7 Å². The second kappa shape index (κ2) is 6.73. The van der Waals surface area contributed by atoms with Crippen molar-refractivity contribution >= 4 is 21.6 Å². The molecule has 0 aliphatic carbocycles. The van der Waals surface area contributed by atoms with Gasteiger partial charge in [0.25, 0.3) is 0 Å². The molecule has 1 aliphatic rings. The molecule has 1 unspecified atom stereocenters. The van der Waals surface area contributed by atoms with Gasteiger partial charge in [-0.1, -0.05) is 28.9 Å². The van der Waals surface area contributed by atoms with Gasteiger partial charge in [0.1, 0.15) is 0 Å². The first kappa shape index (κ1) is 14.8. The van der Waals surface area contributed by atoms with E-state index in [2.05, 4.69) is 38.7 Å². The van der Waals surface area contributed by atoms with Gasteiger partial charge in [-0.05, 0) is 32.0 Å². The summed E-state index contributed by atoms with van der Waals surface area (Å²) in [5.41, 5.74) is 2.19. The van der Waals surface area contributed by atoms with E-state index in [0.717, 1.165) is 36.2 Å². The molecule has 1 atom stereocenters. The van der Waals surface area contributed by atoms with E-state index in [-0.39, 0.29) is 0 Å². The Morgan fingerprint density at radius 2 is 1.95 bits per heavy atom. The van der Waals surface area contributed by atoms with E-state index in [9.17, 15) is 5.11 Å². The first-order valence-electron chi connectivity index (χ1n) is 7.06. The topological polar surface area (TPSA) is 26.7 Å². The minimum absolute atomic E-state index is 0.420. The van der Waals surface area contributed by atoms with Crippen LogP contribution in [-0.4, -0.2) is 42.7 Å². The second-order valence-electron chi connectivity index (χ2n) is 5.21. The highest BCUT2D eigenvalue weighted by Crippen LogP contribution is 2.30. The van der Waals surface area contributed by atoms with Crippen LogP contribution in [0, 0.1) is 0 Å². The molecule has 1 saturated heterocycles. The lowest BCUT2D eigenvalue weighted by atomic mass is 10.1. The lowest BCUT2D eigenvalue weighted by Crippen LogP contribution is -2.46. The Hall–Kier alpha value is -0.580. The molecule has 4 heteroatoms. The summed E-state index contributed by atoms with van der Waals surface area (Å²) in [6, 6.07) is 6.14. The van der Waals surface area contributed by atoms with E-state index in [4.69, 9.17) is 0 Å². The molecular formula is C15H23BrN2O. The molecule has 1 heterocycles.